The molecule has 7 heteroatoms. The van der Waals surface area contributed by atoms with Crippen molar-refractivity contribution in [3.8, 4) is 0 Å². The van der Waals surface area contributed by atoms with Crippen LogP contribution < -0.4 is 16.6 Å². The zero-order valence-electron chi connectivity index (χ0n) is 23.6. The van der Waals surface area contributed by atoms with Crippen LogP contribution in [-0.4, -0.2) is 34.7 Å². The van der Waals surface area contributed by atoms with Crippen molar-refractivity contribution in [2.45, 2.75) is 73.1 Å². The molecular weight excluding hydrogens is 476 g/mol. The van der Waals surface area contributed by atoms with Crippen LogP contribution >= 0.6 is 0 Å². The molecule has 3 rings (SSSR count). The Morgan fingerprint density at radius 3 is 2.55 bits per heavy atom. The lowest BCUT2D eigenvalue weighted by molar-refractivity contribution is 0.0671. The molecule has 1 aromatic carbocycles. The average molecular weight is 519 g/mol. The van der Waals surface area contributed by atoms with Crippen molar-refractivity contribution < 1.29 is 9.53 Å². The number of benzene rings is 1. The Balaban J connectivity index is 2.04. The highest BCUT2D eigenvalue weighted by Gasteiger charge is 2.20. The Labute approximate surface area is 225 Å². The third kappa shape index (κ3) is 6.71. The van der Waals surface area contributed by atoms with Crippen LogP contribution in [0, 0.1) is 20.8 Å². The summed E-state index contributed by atoms with van der Waals surface area (Å²) in [7, 11) is 0. The minimum absolute atomic E-state index is 0.0656. The number of rotatable bonds is 12. The Bertz CT molecular complexity index is 1390. The summed E-state index contributed by atoms with van der Waals surface area (Å²) in [5.41, 5.74) is 12.3. The normalized spacial score (nSPS) is 12.8. The summed E-state index contributed by atoms with van der Waals surface area (Å²) in [5, 5.41) is 3.93. The van der Waals surface area contributed by atoms with Crippen LogP contribution in [0.1, 0.15) is 78.0 Å². The maximum absolute atomic E-state index is 13.7. The fourth-order valence-corrected chi connectivity index (χ4v) is 4.92. The molecule has 204 valence electrons. The number of carbonyl (C=O) groups excluding carboxylic acids is 1. The van der Waals surface area contributed by atoms with Crippen LogP contribution in [0.25, 0.3) is 16.5 Å². The van der Waals surface area contributed by atoms with Gasteiger partial charge < -0.3 is 25.3 Å². The van der Waals surface area contributed by atoms with Crippen molar-refractivity contribution in [3.63, 3.8) is 0 Å². The van der Waals surface area contributed by atoms with Gasteiger partial charge in [-0.25, -0.2) is 0 Å². The smallest absolute Gasteiger partial charge is 0.253 e. The fraction of sp³-hybridized carbons (Fsp3) is 0.419. The molecule has 2 heterocycles. The number of ether oxygens (including phenoxy) is 1. The number of H-pyrrole nitrogens is 1. The topological polar surface area (TPSA) is 102 Å². The Hall–Kier alpha value is -3.42. The molecule has 2 aromatic heterocycles. The molecule has 7 nitrogen and oxygen atoms in total. The molecule has 0 aliphatic heterocycles. The summed E-state index contributed by atoms with van der Waals surface area (Å²) in [6.45, 7) is 17.2. The van der Waals surface area contributed by atoms with Crippen LogP contribution in [0.15, 0.2) is 47.9 Å². The van der Waals surface area contributed by atoms with E-state index >= 15 is 0 Å². The van der Waals surface area contributed by atoms with Gasteiger partial charge in [-0.05, 0) is 94.8 Å². The zero-order valence-corrected chi connectivity index (χ0v) is 23.6. The minimum atomic E-state index is -0.210. The summed E-state index contributed by atoms with van der Waals surface area (Å²) in [6, 6.07) is 6.26. The number of carbonyl (C=O) groups is 1. The number of pyridine rings is 1. The van der Waals surface area contributed by atoms with E-state index in [1.165, 1.54) is 0 Å². The molecule has 0 spiro atoms. The zero-order chi connectivity index (χ0) is 28.0. The lowest BCUT2D eigenvalue weighted by Crippen LogP contribution is -2.28. The molecule has 38 heavy (non-hydrogen) atoms. The average Bonchev–Trinajstić information content (AvgIpc) is 3.20. The van der Waals surface area contributed by atoms with E-state index in [2.05, 4.69) is 47.6 Å². The van der Waals surface area contributed by atoms with Crippen LogP contribution in [0.2, 0.25) is 0 Å². The highest BCUT2D eigenvalue weighted by atomic mass is 16.5. The van der Waals surface area contributed by atoms with Gasteiger partial charge in [0.05, 0.1) is 12.7 Å². The van der Waals surface area contributed by atoms with Gasteiger partial charge in [0.1, 0.15) is 0 Å². The Morgan fingerprint density at radius 2 is 1.92 bits per heavy atom. The predicted octanol–water partition coefficient (Wildman–Crippen LogP) is 5.48. The van der Waals surface area contributed by atoms with E-state index in [1.807, 2.05) is 45.9 Å². The van der Waals surface area contributed by atoms with E-state index in [0.717, 1.165) is 51.7 Å². The summed E-state index contributed by atoms with van der Waals surface area (Å²) >= 11 is 0. The molecule has 0 aliphatic carbocycles. The SMILES string of the molecule is C=C/C=C(\CCC(C)OCCN)c1cc(C(=O)NCc2c(C)cc(C)[nH]c2=O)c2c(C)cn(C(C)C)c2c1. The second-order valence-corrected chi connectivity index (χ2v) is 10.3. The number of fused-ring (bicyclic) bond motifs is 1. The number of aryl methyl sites for hydroxylation is 3. The molecule has 1 unspecified atom stereocenters. The van der Waals surface area contributed by atoms with E-state index in [9.17, 15) is 9.59 Å². The van der Waals surface area contributed by atoms with E-state index in [4.69, 9.17) is 10.5 Å². The molecule has 0 aliphatic rings. The molecule has 0 fully saturated rings. The van der Waals surface area contributed by atoms with Gasteiger partial charge in [-0.2, -0.15) is 0 Å². The van der Waals surface area contributed by atoms with E-state index in [0.29, 0.717) is 24.3 Å². The van der Waals surface area contributed by atoms with Gasteiger partial charge in [0, 0.05) is 53.1 Å². The maximum atomic E-state index is 13.7. The monoisotopic (exact) mass is 518 g/mol. The van der Waals surface area contributed by atoms with E-state index in [1.54, 1.807) is 6.08 Å². The number of aromatic amines is 1. The van der Waals surface area contributed by atoms with Gasteiger partial charge in [0.15, 0.2) is 0 Å². The Morgan fingerprint density at radius 1 is 1.18 bits per heavy atom. The van der Waals surface area contributed by atoms with Crippen LogP contribution in [-0.2, 0) is 11.3 Å². The van der Waals surface area contributed by atoms with Crippen LogP contribution in [0.5, 0.6) is 0 Å². The first-order chi connectivity index (χ1) is 18.1. The van der Waals surface area contributed by atoms with Crippen molar-refractivity contribution in [3.05, 3.63) is 87.0 Å². The fourth-order valence-electron chi connectivity index (χ4n) is 4.92. The lowest BCUT2D eigenvalue weighted by atomic mass is 9.94. The number of nitrogens with one attached hydrogen (secondary N) is 2. The number of nitrogens with zero attached hydrogens (tertiary/aromatic N) is 1. The molecule has 0 radical (unpaired) electrons. The van der Waals surface area contributed by atoms with Crippen LogP contribution in [0.4, 0.5) is 0 Å². The van der Waals surface area contributed by atoms with Gasteiger partial charge in [-0.3, -0.25) is 9.59 Å². The molecule has 4 N–H and O–H groups in total. The van der Waals surface area contributed by atoms with Crippen molar-refractivity contribution in [1.29, 1.82) is 0 Å². The summed E-state index contributed by atoms with van der Waals surface area (Å²) < 4.78 is 7.97. The standard InChI is InChI=1S/C31H42N4O3/c1-8-9-24(11-10-23(7)38-13-12-32)25-15-26(29-21(5)18-35(19(2)3)28(29)16-25)30(36)33-17-27-20(4)14-22(6)34-31(27)37/h8-9,14-16,18-19,23H,1,10-13,17,32H2,2-7H3,(H,33,36)(H,34,37)/b24-9+. The molecule has 1 atom stereocenters. The van der Waals surface area contributed by atoms with Gasteiger partial charge >= 0.3 is 0 Å². The Kier molecular flexibility index (Phi) is 9.89. The lowest BCUT2D eigenvalue weighted by Gasteiger charge is -2.17. The maximum Gasteiger partial charge on any atom is 0.253 e. The first-order valence-electron chi connectivity index (χ1n) is 13.3. The molecule has 1 amide bonds. The number of amides is 1. The van der Waals surface area contributed by atoms with Crippen LogP contribution in [0.3, 0.4) is 0 Å². The van der Waals surface area contributed by atoms with Crippen molar-refractivity contribution in [2.75, 3.05) is 13.2 Å². The second-order valence-electron chi connectivity index (χ2n) is 10.3. The van der Waals surface area contributed by atoms with Gasteiger partial charge in [0.25, 0.3) is 11.5 Å². The third-order valence-corrected chi connectivity index (χ3v) is 6.87. The molecule has 0 saturated carbocycles. The third-order valence-electron chi connectivity index (χ3n) is 6.87. The molecular formula is C31H42N4O3. The summed E-state index contributed by atoms with van der Waals surface area (Å²) in [5.74, 6) is -0.210. The highest BCUT2D eigenvalue weighted by Crippen LogP contribution is 2.33. The quantitative estimate of drug-likeness (QED) is 0.276. The van der Waals surface area contributed by atoms with Crippen molar-refractivity contribution in [1.82, 2.24) is 14.9 Å². The molecule has 3 aromatic rings. The first-order valence-corrected chi connectivity index (χ1v) is 13.3. The minimum Gasteiger partial charge on any atom is -0.377 e. The van der Waals surface area contributed by atoms with E-state index in [-0.39, 0.29) is 30.2 Å². The number of aromatic nitrogens is 2. The second kappa shape index (κ2) is 12.9. The predicted molar refractivity (Wildman–Crippen MR) is 157 cm³/mol. The number of nitrogens with two attached hydrogens (primary N) is 1. The number of hydrogen-bond acceptors (Lipinski definition) is 4. The largest absolute Gasteiger partial charge is 0.377 e. The van der Waals surface area contributed by atoms with Gasteiger partial charge in [0.2, 0.25) is 0 Å². The van der Waals surface area contributed by atoms with Crippen molar-refractivity contribution >= 4 is 22.4 Å². The summed E-state index contributed by atoms with van der Waals surface area (Å²) in [4.78, 5) is 29.0. The molecule has 0 saturated heterocycles. The number of allylic oxidation sites excluding steroid dienone is 3. The van der Waals surface area contributed by atoms with Crippen molar-refractivity contribution in [2.24, 2.45) is 5.73 Å². The van der Waals surface area contributed by atoms with E-state index < -0.39 is 0 Å². The summed E-state index contributed by atoms with van der Waals surface area (Å²) in [6.07, 6.45) is 7.54. The van der Waals surface area contributed by atoms with Gasteiger partial charge in [-0.15, -0.1) is 0 Å². The molecule has 0 bridgehead atoms. The first kappa shape index (κ1) is 29.1. The van der Waals surface area contributed by atoms with Gasteiger partial charge in [-0.1, -0.05) is 18.7 Å². The highest BCUT2D eigenvalue weighted by molar-refractivity contribution is 6.09. The number of hydrogen-bond donors (Lipinski definition) is 3.